The van der Waals surface area contributed by atoms with E-state index in [0.29, 0.717) is 18.5 Å². The van der Waals surface area contributed by atoms with Crippen molar-refractivity contribution in [3.63, 3.8) is 0 Å². The number of halogens is 1. The minimum Gasteiger partial charge on any atom is -0.496 e. The second-order valence-electron chi connectivity index (χ2n) is 6.56. The van der Waals surface area contributed by atoms with Gasteiger partial charge in [-0.3, -0.25) is 4.79 Å². The van der Waals surface area contributed by atoms with Crippen LogP contribution in [0.3, 0.4) is 0 Å². The number of amides is 1. The molecule has 0 spiro atoms. The number of rotatable bonds is 6. The highest BCUT2D eigenvalue weighted by molar-refractivity contribution is 9.10. The van der Waals surface area contributed by atoms with E-state index in [1.807, 2.05) is 12.1 Å². The number of benzene rings is 1. The van der Waals surface area contributed by atoms with Crippen LogP contribution in [-0.2, 0) is 4.79 Å². The van der Waals surface area contributed by atoms with Gasteiger partial charge in [0.2, 0.25) is 0 Å². The van der Waals surface area contributed by atoms with E-state index < -0.39 is 0 Å². The van der Waals surface area contributed by atoms with Crippen LogP contribution in [0, 0.1) is 5.92 Å². The number of methoxy groups -OCH3 is 1. The Morgan fingerprint density at radius 1 is 1.43 bits per heavy atom. The fraction of sp³-hybridized carbons (Fsp3) is 0.611. The van der Waals surface area contributed by atoms with Crippen LogP contribution < -0.4 is 15.4 Å². The number of nitrogens with two attached hydrogens (primary N) is 1. The van der Waals surface area contributed by atoms with Gasteiger partial charge in [0.05, 0.1) is 11.6 Å². The number of quaternary nitrogens is 1. The monoisotopic (exact) mass is 383 g/mol. The standard InChI is InChI=1S/C18H27BrN2O2/c1-12-6-4-5-7-16(12)21-18(22)11-20-13(2)14-8-9-17(23-3)15(19)10-14/h8-10,12-13,16,20H,4-7,11H2,1-3H3,(H,21,22)/p+1/t12-,13-,16+/m0/s1. The first kappa shape index (κ1) is 18.3. The summed E-state index contributed by atoms with van der Waals surface area (Å²) in [5.74, 6) is 1.57. The summed E-state index contributed by atoms with van der Waals surface area (Å²) in [6, 6.07) is 6.64. The van der Waals surface area contributed by atoms with Gasteiger partial charge in [0.25, 0.3) is 5.91 Å². The zero-order valence-electron chi connectivity index (χ0n) is 14.3. The molecule has 1 aliphatic carbocycles. The minimum atomic E-state index is 0.142. The van der Waals surface area contributed by atoms with Crippen LogP contribution in [0.25, 0.3) is 0 Å². The van der Waals surface area contributed by atoms with Crippen LogP contribution in [-0.4, -0.2) is 25.6 Å². The van der Waals surface area contributed by atoms with Crippen molar-refractivity contribution in [3.05, 3.63) is 28.2 Å². The van der Waals surface area contributed by atoms with Gasteiger partial charge >= 0.3 is 0 Å². The smallest absolute Gasteiger partial charge is 0.275 e. The molecule has 23 heavy (non-hydrogen) atoms. The third kappa shape index (κ3) is 5.21. The van der Waals surface area contributed by atoms with Crippen molar-refractivity contribution in [1.82, 2.24) is 5.32 Å². The molecule has 1 aliphatic rings. The highest BCUT2D eigenvalue weighted by atomic mass is 79.9. The lowest BCUT2D eigenvalue weighted by Gasteiger charge is -2.29. The SMILES string of the molecule is COc1ccc([C@H](C)[NH2+]CC(=O)N[C@@H]2CCCC[C@@H]2C)cc1Br. The van der Waals surface area contributed by atoms with Gasteiger partial charge in [0.1, 0.15) is 11.8 Å². The number of hydrogen-bond donors (Lipinski definition) is 2. The molecule has 1 aromatic carbocycles. The fourth-order valence-electron chi connectivity index (χ4n) is 3.18. The van der Waals surface area contributed by atoms with Crippen LogP contribution in [0.15, 0.2) is 22.7 Å². The lowest BCUT2D eigenvalue weighted by molar-refractivity contribution is -0.682. The molecule has 0 saturated heterocycles. The summed E-state index contributed by atoms with van der Waals surface area (Å²) >= 11 is 3.51. The van der Waals surface area contributed by atoms with E-state index in [2.05, 4.69) is 46.5 Å². The third-order valence-corrected chi connectivity index (χ3v) is 5.44. The highest BCUT2D eigenvalue weighted by Gasteiger charge is 2.23. The summed E-state index contributed by atoms with van der Waals surface area (Å²) in [7, 11) is 1.66. The predicted molar refractivity (Wildman–Crippen MR) is 95.5 cm³/mol. The van der Waals surface area contributed by atoms with Crippen molar-refractivity contribution < 1.29 is 14.8 Å². The molecule has 1 amide bonds. The molecule has 0 radical (unpaired) electrons. The van der Waals surface area contributed by atoms with Gasteiger partial charge in [0, 0.05) is 11.6 Å². The Kier molecular flexibility index (Phi) is 6.90. The molecular formula is C18H28BrN2O2+. The number of hydrogen-bond acceptors (Lipinski definition) is 2. The van der Waals surface area contributed by atoms with Crippen molar-refractivity contribution in [1.29, 1.82) is 0 Å². The molecule has 0 bridgehead atoms. The maximum Gasteiger partial charge on any atom is 0.275 e. The van der Waals surface area contributed by atoms with E-state index in [1.54, 1.807) is 7.11 Å². The van der Waals surface area contributed by atoms with Crippen molar-refractivity contribution in [2.24, 2.45) is 5.92 Å². The normalized spacial score (nSPS) is 22.4. The van der Waals surface area contributed by atoms with Crippen LogP contribution in [0.1, 0.15) is 51.1 Å². The zero-order valence-corrected chi connectivity index (χ0v) is 15.9. The average Bonchev–Trinajstić information content (AvgIpc) is 2.54. The first-order valence-corrected chi connectivity index (χ1v) is 9.26. The first-order valence-electron chi connectivity index (χ1n) is 8.47. The summed E-state index contributed by atoms with van der Waals surface area (Å²) in [6.07, 6.45) is 4.87. The van der Waals surface area contributed by atoms with Crippen molar-refractivity contribution in [2.75, 3.05) is 13.7 Å². The molecule has 128 valence electrons. The summed E-state index contributed by atoms with van der Waals surface area (Å²) in [4.78, 5) is 12.2. The van der Waals surface area contributed by atoms with Gasteiger partial charge < -0.3 is 15.4 Å². The lowest BCUT2D eigenvalue weighted by atomic mass is 9.86. The van der Waals surface area contributed by atoms with E-state index in [9.17, 15) is 4.79 Å². The highest BCUT2D eigenvalue weighted by Crippen LogP contribution is 2.27. The molecule has 3 N–H and O–H groups in total. The zero-order chi connectivity index (χ0) is 16.8. The van der Waals surface area contributed by atoms with Crippen LogP contribution in [0.2, 0.25) is 0 Å². The van der Waals surface area contributed by atoms with E-state index in [-0.39, 0.29) is 11.9 Å². The predicted octanol–water partition coefficient (Wildman–Crippen LogP) is 2.78. The van der Waals surface area contributed by atoms with Crippen LogP contribution >= 0.6 is 15.9 Å². The molecule has 0 aliphatic heterocycles. The lowest BCUT2D eigenvalue weighted by Crippen LogP contribution is -2.87. The van der Waals surface area contributed by atoms with Crippen LogP contribution in [0.4, 0.5) is 0 Å². The Bertz CT molecular complexity index is 536. The van der Waals surface area contributed by atoms with E-state index in [4.69, 9.17) is 4.74 Å². The Hall–Kier alpha value is -1.07. The quantitative estimate of drug-likeness (QED) is 0.793. The molecule has 3 atom stereocenters. The maximum atomic E-state index is 12.2. The number of ether oxygens (including phenoxy) is 1. The molecule has 2 rings (SSSR count). The molecule has 0 aromatic heterocycles. The van der Waals surface area contributed by atoms with E-state index in [1.165, 1.54) is 24.8 Å². The van der Waals surface area contributed by atoms with Gasteiger partial charge in [-0.15, -0.1) is 0 Å². The Labute approximate surface area is 147 Å². The van der Waals surface area contributed by atoms with E-state index in [0.717, 1.165) is 16.6 Å². The van der Waals surface area contributed by atoms with Gasteiger partial charge in [-0.1, -0.05) is 19.8 Å². The molecule has 1 saturated carbocycles. The Balaban J connectivity index is 1.82. The average molecular weight is 384 g/mol. The second-order valence-corrected chi connectivity index (χ2v) is 7.41. The van der Waals surface area contributed by atoms with Gasteiger partial charge in [-0.25, -0.2) is 0 Å². The van der Waals surface area contributed by atoms with Crippen molar-refractivity contribution >= 4 is 21.8 Å². The molecule has 1 fully saturated rings. The maximum absolute atomic E-state index is 12.2. The minimum absolute atomic E-state index is 0.142. The summed E-state index contributed by atoms with van der Waals surface area (Å²) in [6.45, 7) is 4.82. The third-order valence-electron chi connectivity index (χ3n) is 4.82. The van der Waals surface area contributed by atoms with Gasteiger partial charge in [0.15, 0.2) is 6.54 Å². The summed E-state index contributed by atoms with van der Waals surface area (Å²) < 4.78 is 6.19. The van der Waals surface area contributed by atoms with Gasteiger partial charge in [-0.2, -0.15) is 0 Å². The largest absolute Gasteiger partial charge is 0.496 e. The number of carbonyl (C=O) groups excluding carboxylic acids is 1. The van der Waals surface area contributed by atoms with E-state index >= 15 is 0 Å². The first-order chi connectivity index (χ1) is 11.0. The summed E-state index contributed by atoms with van der Waals surface area (Å²) in [5.41, 5.74) is 1.18. The number of nitrogens with one attached hydrogen (secondary N) is 1. The second kappa shape index (κ2) is 8.69. The Morgan fingerprint density at radius 3 is 2.83 bits per heavy atom. The molecule has 1 aromatic rings. The fourth-order valence-corrected chi connectivity index (χ4v) is 3.74. The van der Waals surface area contributed by atoms with Crippen molar-refractivity contribution in [2.45, 2.75) is 51.6 Å². The molecule has 0 heterocycles. The van der Waals surface area contributed by atoms with Crippen LogP contribution in [0.5, 0.6) is 5.75 Å². The molecule has 4 nitrogen and oxygen atoms in total. The number of carbonyl (C=O) groups is 1. The summed E-state index contributed by atoms with van der Waals surface area (Å²) in [5, 5.41) is 5.29. The Morgan fingerprint density at radius 2 is 2.17 bits per heavy atom. The molecule has 0 unspecified atom stereocenters. The van der Waals surface area contributed by atoms with Gasteiger partial charge in [-0.05, 0) is 59.8 Å². The molecular weight excluding hydrogens is 356 g/mol. The van der Waals surface area contributed by atoms with Crippen molar-refractivity contribution in [3.8, 4) is 5.75 Å². The topological polar surface area (TPSA) is 54.9 Å². The molecule has 5 heteroatoms.